The summed E-state index contributed by atoms with van der Waals surface area (Å²) in [7, 11) is 0. The number of likely N-dealkylation sites (tertiary alicyclic amines) is 1. The Hall–Kier alpha value is -3.62. The fourth-order valence-corrected chi connectivity index (χ4v) is 5.96. The number of Topliss-reactive ketones (excluding diaryl/α,β-unsaturated/α-hetero) is 1. The number of nitrogens with one attached hydrogen (secondary N) is 1. The molecule has 206 valence electrons. The molecule has 3 heterocycles. The maximum absolute atomic E-state index is 13.7. The number of aromatic nitrogens is 4. The molecular weight excluding hydrogens is 492 g/mol. The molecule has 2 fully saturated rings. The van der Waals surface area contributed by atoms with Crippen molar-refractivity contribution in [3.63, 3.8) is 0 Å². The van der Waals surface area contributed by atoms with Crippen LogP contribution in [0.15, 0.2) is 30.6 Å². The zero-order chi connectivity index (χ0) is 27.9. The predicted octanol–water partition coefficient (Wildman–Crippen LogP) is 4.47. The van der Waals surface area contributed by atoms with Crippen LogP contribution in [0, 0.1) is 12.3 Å². The maximum Gasteiger partial charge on any atom is 0.245 e. The van der Waals surface area contributed by atoms with Crippen molar-refractivity contribution in [1.82, 2.24) is 30.0 Å². The minimum Gasteiger partial charge on any atom is -0.352 e. The molecule has 0 spiro atoms. The van der Waals surface area contributed by atoms with E-state index < -0.39 is 6.04 Å². The molecule has 39 heavy (non-hydrogen) atoms. The van der Waals surface area contributed by atoms with E-state index in [0.29, 0.717) is 28.8 Å². The zero-order valence-corrected chi connectivity index (χ0v) is 23.5. The van der Waals surface area contributed by atoms with E-state index in [0.717, 1.165) is 43.2 Å². The van der Waals surface area contributed by atoms with Crippen LogP contribution < -0.4 is 5.32 Å². The van der Waals surface area contributed by atoms with Crippen molar-refractivity contribution < 1.29 is 14.4 Å². The number of hydrogen-bond donors (Lipinski definition) is 1. The standard InChI is InChI=1S/C30H38N6O3/c1-6-7-8-9-18(2)33-29(39)25-13-30(5)14-26(30)36(25)27(38)17-35-24-11-10-21(22-15-31-20(4)32-16-22)12-23(24)28(34-35)19(3)37/h10-12,15-16,18,25-26H,6-9,13-14,17H2,1-5H3,(H,33,39)/t18?,25-,26+,30-/m0/s1. The van der Waals surface area contributed by atoms with E-state index in [1.165, 1.54) is 6.92 Å². The number of benzene rings is 1. The SMILES string of the molecule is CCCCCC(C)NC(=O)[C@@H]1C[C@@]2(C)C[C@H]2N1C(=O)Cn1nc(C(C)=O)c2cc(-c3cnc(C)nc3)ccc21. The van der Waals surface area contributed by atoms with Crippen molar-refractivity contribution in [2.45, 2.75) is 97.8 Å². The van der Waals surface area contributed by atoms with Crippen molar-refractivity contribution in [1.29, 1.82) is 0 Å². The van der Waals surface area contributed by atoms with Gasteiger partial charge in [0.15, 0.2) is 5.78 Å². The molecule has 0 bridgehead atoms. The monoisotopic (exact) mass is 530 g/mol. The molecule has 1 saturated heterocycles. The summed E-state index contributed by atoms with van der Waals surface area (Å²) in [4.78, 5) is 49.8. The van der Waals surface area contributed by atoms with Crippen molar-refractivity contribution in [3.05, 3.63) is 42.1 Å². The van der Waals surface area contributed by atoms with E-state index >= 15 is 0 Å². The van der Waals surface area contributed by atoms with E-state index in [1.54, 1.807) is 22.0 Å². The van der Waals surface area contributed by atoms with Gasteiger partial charge in [0.05, 0.1) is 5.52 Å². The molecule has 4 atom stereocenters. The van der Waals surface area contributed by atoms with Crippen LogP contribution in [-0.4, -0.2) is 60.4 Å². The Balaban J connectivity index is 1.38. The summed E-state index contributed by atoms with van der Waals surface area (Å²) < 4.78 is 1.60. The molecule has 1 aromatic carbocycles. The number of ketones is 1. The summed E-state index contributed by atoms with van der Waals surface area (Å²) >= 11 is 0. The maximum atomic E-state index is 13.7. The molecule has 1 saturated carbocycles. The number of hydrogen-bond acceptors (Lipinski definition) is 6. The number of fused-ring (bicyclic) bond motifs is 2. The first-order valence-corrected chi connectivity index (χ1v) is 14.0. The van der Waals surface area contributed by atoms with Crippen LogP contribution in [0.5, 0.6) is 0 Å². The quantitative estimate of drug-likeness (QED) is 0.306. The second-order valence-electron chi connectivity index (χ2n) is 11.6. The first kappa shape index (κ1) is 27.0. The van der Waals surface area contributed by atoms with Gasteiger partial charge in [0.2, 0.25) is 11.8 Å². The lowest BCUT2D eigenvalue weighted by atomic mass is 10.0. The van der Waals surface area contributed by atoms with Crippen molar-refractivity contribution in [3.8, 4) is 11.1 Å². The Morgan fingerprint density at radius 2 is 1.87 bits per heavy atom. The van der Waals surface area contributed by atoms with Crippen LogP contribution in [0.1, 0.15) is 82.5 Å². The second kappa shape index (κ2) is 10.5. The summed E-state index contributed by atoms with van der Waals surface area (Å²) in [5.41, 5.74) is 2.72. The second-order valence-corrected chi connectivity index (χ2v) is 11.6. The van der Waals surface area contributed by atoms with E-state index in [-0.39, 0.29) is 41.6 Å². The summed E-state index contributed by atoms with van der Waals surface area (Å²) in [5, 5.41) is 8.39. The number of amides is 2. The Labute approximate surface area is 229 Å². The Kier molecular flexibility index (Phi) is 7.27. The first-order valence-electron chi connectivity index (χ1n) is 14.0. The molecule has 9 nitrogen and oxygen atoms in total. The van der Waals surface area contributed by atoms with Gasteiger partial charge in [-0.05, 0) is 56.2 Å². The van der Waals surface area contributed by atoms with Crippen molar-refractivity contribution in [2.75, 3.05) is 0 Å². The van der Waals surface area contributed by atoms with Gasteiger partial charge < -0.3 is 10.2 Å². The molecule has 1 unspecified atom stereocenters. The van der Waals surface area contributed by atoms with Gasteiger partial charge in [0.1, 0.15) is 24.1 Å². The topological polar surface area (TPSA) is 110 Å². The molecule has 0 radical (unpaired) electrons. The number of nitrogens with zero attached hydrogens (tertiary/aromatic N) is 5. The number of rotatable bonds is 10. The molecule has 3 aromatic rings. The van der Waals surface area contributed by atoms with Crippen LogP contribution in [-0.2, 0) is 16.1 Å². The lowest BCUT2D eigenvalue weighted by Gasteiger charge is -2.28. The smallest absolute Gasteiger partial charge is 0.245 e. The minimum absolute atomic E-state index is 0.00907. The minimum atomic E-state index is -0.475. The van der Waals surface area contributed by atoms with Gasteiger partial charge in [-0.25, -0.2) is 9.97 Å². The Bertz CT molecular complexity index is 1410. The Morgan fingerprint density at radius 1 is 1.13 bits per heavy atom. The van der Waals surface area contributed by atoms with Crippen molar-refractivity contribution >= 4 is 28.5 Å². The van der Waals surface area contributed by atoms with E-state index in [9.17, 15) is 14.4 Å². The molecule has 2 aromatic heterocycles. The van der Waals surface area contributed by atoms with Crippen LogP contribution in [0.4, 0.5) is 0 Å². The van der Waals surface area contributed by atoms with Gasteiger partial charge in [0, 0.05) is 42.4 Å². The fourth-order valence-electron chi connectivity index (χ4n) is 5.96. The van der Waals surface area contributed by atoms with Crippen LogP contribution in [0.3, 0.4) is 0 Å². The van der Waals surface area contributed by atoms with Crippen LogP contribution in [0.2, 0.25) is 0 Å². The zero-order valence-electron chi connectivity index (χ0n) is 23.5. The predicted molar refractivity (Wildman–Crippen MR) is 149 cm³/mol. The summed E-state index contributed by atoms with van der Waals surface area (Å²) in [6.45, 7) is 9.64. The van der Waals surface area contributed by atoms with Gasteiger partial charge in [0.25, 0.3) is 0 Å². The third kappa shape index (κ3) is 5.31. The molecule has 9 heteroatoms. The lowest BCUT2D eigenvalue weighted by molar-refractivity contribution is -0.140. The molecule has 1 aliphatic carbocycles. The van der Waals surface area contributed by atoms with Crippen molar-refractivity contribution in [2.24, 2.45) is 5.41 Å². The normalized spacial score (nSPS) is 22.5. The van der Waals surface area contributed by atoms with Gasteiger partial charge in [-0.2, -0.15) is 5.10 Å². The lowest BCUT2D eigenvalue weighted by Crippen LogP contribution is -2.50. The van der Waals surface area contributed by atoms with Crippen LogP contribution in [0.25, 0.3) is 22.0 Å². The van der Waals surface area contributed by atoms with Gasteiger partial charge in [-0.1, -0.05) is 39.2 Å². The molecule has 1 N–H and O–H groups in total. The largest absolute Gasteiger partial charge is 0.352 e. The highest BCUT2D eigenvalue weighted by atomic mass is 16.2. The third-order valence-corrected chi connectivity index (χ3v) is 8.34. The van der Waals surface area contributed by atoms with Gasteiger partial charge >= 0.3 is 0 Å². The molecule has 2 amide bonds. The summed E-state index contributed by atoms with van der Waals surface area (Å²) in [6.07, 6.45) is 9.39. The van der Waals surface area contributed by atoms with Gasteiger partial charge in [-0.3, -0.25) is 19.1 Å². The highest BCUT2D eigenvalue weighted by molar-refractivity contribution is 6.06. The number of piperidine rings is 1. The fraction of sp³-hybridized carbons (Fsp3) is 0.533. The van der Waals surface area contributed by atoms with Gasteiger partial charge in [-0.15, -0.1) is 0 Å². The highest BCUT2D eigenvalue weighted by Crippen LogP contribution is 2.59. The highest BCUT2D eigenvalue weighted by Gasteiger charge is 2.64. The van der Waals surface area contributed by atoms with E-state index in [1.807, 2.05) is 32.0 Å². The first-order chi connectivity index (χ1) is 18.6. The average Bonchev–Trinajstić information content (AvgIpc) is 3.26. The number of aryl methyl sites for hydroxylation is 1. The average molecular weight is 531 g/mol. The summed E-state index contributed by atoms with van der Waals surface area (Å²) in [5.74, 6) is 0.298. The van der Waals surface area contributed by atoms with E-state index in [4.69, 9.17) is 0 Å². The Morgan fingerprint density at radius 3 is 2.56 bits per heavy atom. The number of carbonyl (C=O) groups is 3. The number of unbranched alkanes of at least 4 members (excludes halogenated alkanes) is 2. The molecule has 1 aliphatic heterocycles. The molecular formula is C30H38N6O3. The van der Waals surface area contributed by atoms with E-state index in [2.05, 4.69) is 34.2 Å². The third-order valence-electron chi connectivity index (χ3n) is 8.34. The summed E-state index contributed by atoms with van der Waals surface area (Å²) in [6, 6.07) is 5.37. The number of carbonyl (C=O) groups excluding carboxylic acids is 3. The molecule has 5 rings (SSSR count). The van der Waals surface area contributed by atoms with Crippen LogP contribution >= 0.6 is 0 Å². The molecule has 2 aliphatic rings.